The van der Waals surface area contributed by atoms with Gasteiger partial charge >= 0.3 is 0 Å². The number of nitrogens with one attached hydrogen (secondary N) is 1. The van der Waals surface area contributed by atoms with E-state index in [2.05, 4.69) is 18.3 Å². The molecule has 2 rings (SSSR count). The van der Waals surface area contributed by atoms with Crippen LogP contribution < -0.4 is 5.32 Å². The first-order valence-electron chi connectivity index (χ1n) is 7.18. The second-order valence-electron chi connectivity index (χ2n) is 5.95. The lowest BCUT2D eigenvalue weighted by molar-refractivity contribution is 0.186. The average molecular weight is 300 g/mol. The third-order valence-corrected chi connectivity index (χ3v) is 5.09. The van der Waals surface area contributed by atoms with Crippen molar-refractivity contribution in [2.24, 2.45) is 17.8 Å². The molecule has 3 heteroatoms. The van der Waals surface area contributed by atoms with Crippen LogP contribution in [0.3, 0.4) is 0 Å². The lowest BCUT2D eigenvalue weighted by atomic mass is 9.72. The van der Waals surface area contributed by atoms with Crippen LogP contribution in [0.1, 0.15) is 31.7 Å². The number of hydrogen-bond donors (Lipinski definition) is 1. The standard InChI is InChI=1S/C16H23Cl2N/c1-11-3-5-13(10-19-2)14(7-11)8-12-4-6-15(17)16(18)9-12/h4,6,9,11,13-14,19H,3,5,7-8,10H2,1-2H3. The van der Waals surface area contributed by atoms with Crippen molar-refractivity contribution in [3.05, 3.63) is 33.8 Å². The summed E-state index contributed by atoms with van der Waals surface area (Å²) in [4.78, 5) is 0. The maximum atomic E-state index is 6.11. The van der Waals surface area contributed by atoms with Crippen molar-refractivity contribution in [2.45, 2.75) is 32.6 Å². The molecule has 0 spiro atoms. The molecule has 19 heavy (non-hydrogen) atoms. The van der Waals surface area contributed by atoms with Gasteiger partial charge in [-0.1, -0.05) is 42.6 Å². The largest absolute Gasteiger partial charge is 0.319 e. The Balaban J connectivity index is 2.07. The number of halogens is 2. The predicted molar refractivity (Wildman–Crippen MR) is 84.1 cm³/mol. The van der Waals surface area contributed by atoms with E-state index in [1.807, 2.05) is 19.2 Å². The minimum atomic E-state index is 0.647. The highest BCUT2D eigenvalue weighted by Crippen LogP contribution is 2.36. The van der Waals surface area contributed by atoms with Crippen LogP contribution in [0, 0.1) is 17.8 Å². The molecule has 0 saturated heterocycles. The van der Waals surface area contributed by atoms with Crippen LogP contribution in [0.2, 0.25) is 10.0 Å². The Bertz CT molecular complexity index is 419. The van der Waals surface area contributed by atoms with Gasteiger partial charge in [0.05, 0.1) is 10.0 Å². The molecule has 1 aromatic rings. The highest BCUT2D eigenvalue weighted by Gasteiger charge is 2.28. The van der Waals surface area contributed by atoms with Crippen LogP contribution in [-0.4, -0.2) is 13.6 Å². The molecule has 0 radical (unpaired) electrons. The average Bonchev–Trinajstić information content (AvgIpc) is 2.37. The number of benzene rings is 1. The van der Waals surface area contributed by atoms with Gasteiger partial charge in [-0.2, -0.15) is 0 Å². The zero-order valence-electron chi connectivity index (χ0n) is 11.8. The molecule has 1 fully saturated rings. The first kappa shape index (κ1) is 15.2. The minimum absolute atomic E-state index is 0.647. The summed E-state index contributed by atoms with van der Waals surface area (Å²) in [7, 11) is 2.05. The molecule has 0 heterocycles. The molecule has 0 aromatic heterocycles. The van der Waals surface area contributed by atoms with Gasteiger partial charge in [0.15, 0.2) is 0 Å². The second-order valence-corrected chi connectivity index (χ2v) is 6.76. The monoisotopic (exact) mass is 299 g/mol. The molecule has 0 aliphatic heterocycles. The van der Waals surface area contributed by atoms with E-state index in [-0.39, 0.29) is 0 Å². The van der Waals surface area contributed by atoms with Crippen LogP contribution >= 0.6 is 23.2 Å². The Morgan fingerprint density at radius 3 is 2.63 bits per heavy atom. The molecule has 1 N–H and O–H groups in total. The van der Waals surface area contributed by atoms with E-state index in [0.717, 1.165) is 30.7 Å². The minimum Gasteiger partial charge on any atom is -0.319 e. The van der Waals surface area contributed by atoms with E-state index in [1.54, 1.807) is 0 Å². The Hall–Kier alpha value is -0.240. The molecule has 1 aromatic carbocycles. The Morgan fingerprint density at radius 1 is 1.16 bits per heavy atom. The van der Waals surface area contributed by atoms with Gasteiger partial charge in [0.25, 0.3) is 0 Å². The maximum Gasteiger partial charge on any atom is 0.0595 e. The third kappa shape index (κ3) is 4.11. The second kappa shape index (κ2) is 6.97. The Kier molecular flexibility index (Phi) is 5.56. The summed E-state index contributed by atoms with van der Waals surface area (Å²) in [6.45, 7) is 3.50. The molecule has 3 unspecified atom stereocenters. The fourth-order valence-electron chi connectivity index (χ4n) is 3.31. The highest BCUT2D eigenvalue weighted by atomic mass is 35.5. The quantitative estimate of drug-likeness (QED) is 0.841. The van der Waals surface area contributed by atoms with Gasteiger partial charge < -0.3 is 5.32 Å². The van der Waals surface area contributed by atoms with Crippen LogP contribution in [0.4, 0.5) is 0 Å². The van der Waals surface area contributed by atoms with Crippen molar-refractivity contribution in [3.63, 3.8) is 0 Å². The van der Waals surface area contributed by atoms with E-state index in [1.165, 1.54) is 24.8 Å². The maximum absolute atomic E-state index is 6.11. The van der Waals surface area contributed by atoms with Crippen LogP contribution in [0.5, 0.6) is 0 Å². The smallest absolute Gasteiger partial charge is 0.0595 e. The van der Waals surface area contributed by atoms with Gasteiger partial charge in [-0.25, -0.2) is 0 Å². The molecular formula is C16H23Cl2N. The molecule has 1 aliphatic carbocycles. The summed E-state index contributed by atoms with van der Waals surface area (Å²) >= 11 is 12.1. The first-order chi connectivity index (χ1) is 9.10. The van der Waals surface area contributed by atoms with Gasteiger partial charge in [0.2, 0.25) is 0 Å². The Morgan fingerprint density at radius 2 is 1.95 bits per heavy atom. The van der Waals surface area contributed by atoms with E-state index in [9.17, 15) is 0 Å². The van der Waals surface area contributed by atoms with E-state index < -0.39 is 0 Å². The summed E-state index contributed by atoms with van der Waals surface area (Å²) in [6.07, 6.45) is 5.15. The highest BCUT2D eigenvalue weighted by molar-refractivity contribution is 6.42. The molecule has 1 aliphatic rings. The van der Waals surface area contributed by atoms with Crippen molar-refractivity contribution in [3.8, 4) is 0 Å². The van der Waals surface area contributed by atoms with E-state index >= 15 is 0 Å². The molecule has 1 saturated carbocycles. The van der Waals surface area contributed by atoms with Crippen molar-refractivity contribution in [2.75, 3.05) is 13.6 Å². The Labute approximate surface area is 126 Å². The summed E-state index contributed by atoms with van der Waals surface area (Å²) < 4.78 is 0. The van der Waals surface area contributed by atoms with Gasteiger partial charge in [-0.15, -0.1) is 0 Å². The molecule has 0 amide bonds. The van der Waals surface area contributed by atoms with Crippen molar-refractivity contribution >= 4 is 23.2 Å². The van der Waals surface area contributed by atoms with Crippen molar-refractivity contribution < 1.29 is 0 Å². The van der Waals surface area contributed by atoms with Crippen LogP contribution in [0.25, 0.3) is 0 Å². The summed E-state index contributed by atoms with van der Waals surface area (Å²) in [5, 5.41) is 4.66. The summed E-state index contributed by atoms with van der Waals surface area (Å²) in [5.41, 5.74) is 1.31. The van der Waals surface area contributed by atoms with Gasteiger partial charge in [-0.3, -0.25) is 0 Å². The molecular weight excluding hydrogens is 277 g/mol. The van der Waals surface area contributed by atoms with Crippen LogP contribution in [-0.2, 0) is 6.42 Å². The van der Waals surface area contributed by atoms with Gasteiger partial charge in [0, 0.05) is 0 Å². The number of rotatable bonds is 4. The van der Waals surface area contributed by atoms with Crippen molar-refractivity contribution in [1.82, 2.24) is 5.32 Å². The van der Waals surface area contributed by atoms with E-state index in [4.69, 9.17) is 23.2 Å². The lowest BCUT2D eigenvalue weighted by Gasteiger charge is -2.35. The SMILES string of the molecule is CNCC1CCC(C)CC1Cc1ccc(Cl)c(Cl)c1. The zero-order chi connectivity index (χ0) is 13.8. The topological polar surface area (TPSA) is 12.0 Å². The third-order valence-electron chi connectivity index (χ3n) is 4.35. The first-order valence-corrected chi connectivity index (χ1v) is 7.94. The number of hydrogen-bond acceptors (Lipinski definition) is 1. The van der Waals surface area contributed by atoms with Crippen molar-refractivity contribution in [1.29, 1.82) is 0 Å². The van der Waals surface area contributed by atoms with Crippen LogP contribution in [0.15, 0.2) is 18.2 Å². The molecule has 3 atom stereocenters. The molecule has 1 nitrogen and oxygen atoms in total. The fraction of sp³-hybridized carbons (Fsp3) is 0.625. The molecule has 0 bridgehead atoms. The van der Waals surface area contributed by atoms with Gasteiger partial charge in [-0.05, 0) is 68.3 Å². The fourth-order valence-corrected chi connectivity index (χ4v) is 3.63. The van der Waals surface area contributed by atoms with E-state index in [0.29, 0.717) is 10.0 Å². The normalized spacial score (nSPS) is 27.5. The zero-order valence-corrected chi connectivity index (χ0v) is 13.3. The van der Waals surface area contributed by atoms with Gasteiger partial charge in [0.1, 0.15) is 0 Å². The summed E-state index contributed by atoms with van der Waals surface area (Å²) in [6, 6.07) is 6.06. The predicted octanol–water partition coefficient (Wildman–Crippen LogP) is 4.81. The molecule has 106 valence electrons. The summed E-state index contributed by atoms with van der Waals surface area (Å²) in [5.74, 6) is 2.39. The lowest BCUT2D eigenvalue weighted by Crippen LogP contribution is -2.32.